The highest BCUT2D eigenvalue weighted by molar-refractivity contribution is 5.81. The zero-order chi connectivity index (χ0) is 39.6. The van der Waals surface area contributed by atoms with Crippen molar-refractivity contribution >= 4 is 23.9 Å². The molecule has 14 nitrogen and oxygen atoms in total. The molecule has 2 aromatic carbocycles. The third-order valence-corrected chi connectivity index (χ3v) is 9.28. The van der Waals surface area contributed by atoms with Crippen molar-refractivity contribution in [3.63, 3.8) is 0 Å². The number of carbonyl (C=O) groups is 4. The minimum Gasteiger partial charge on any atom is -0.480 e. The smallest absolute Gasteiger partial charge is 0.407 e. The number of unbranched alkanes of at least 4 members (excludes halogenated alkanes) is 1. The highest BCUT2D eigenvalue weighted by atomic mass is 16.6. The molecule has 306 valence electrons. The van der Waals surface area contributed by atoms with Gasteiger partial charge in [0.2, 0.25) is 11.8 Å². The van der Waals surface area contributed by atoms with Gasteiger partial charge in [0.1, 0.15) is 25.4 Å². The van der Waals surface area contributed by atoms with Crippen molar-refractivity contribution in [1.82, 2.24) is 16.0 Å². The zero-order valence-electron chi connectivity index (χ0n) is 32.2. The molecule has 2 unspecified atom stereocenters. The summed E-state index contributed by atoms with van der Waals surface area (Å²) in [6.07, 6.45) is 5.60. The quantitative estimate of drug-likeness (QED) is 0.0755. The van der Waals surface area contributed by atoms with Crippen LogP contribution in [0.15, 0.2) is 48.5 Å². The van der Waals surface area contributed by atoms with Crippen LogP contribution in [0.3, 0.4) is 0 Å². The molecular weight excluding hydrogens is 722 g/mol. The molecule has 3 amide bonds. The van der Waals surface area contributed by atoms with Gasteiger partial charge in [-0.05, 0) is 60.8 Å². The lowest BCUT2D eigenvalue weighted by molar-refractivity contribution is -0.139. The molecule has 2 aromatic rings. The highest BCUT2D eigenvalue weighted by Crippen LogP contribution is 2.44. The molecule has 2 atom stereocenters. The summed E-state index contributed by atoms with van der Waals surface area (Å²) in [6.45, 7) is 3.82. The molecular formula is C42H57N3O11. The first-order valence-electron chi connectivity index (χ1n) is 19.7. The first kappa shape index (κ1) is 44.2. The average molecular weight is 780 g/mol. The molecule has 0 saturated heterocycles. The molecule has 0 fully saturated rings. The number of hydrogen-bond donors (Lipinski definition) is 4. The van der Waals surface area contributed by atoms with Crippen molar-refractivity contribution in [1.29, 1.82) is 0 Å². The Morgan fingerprint density at radius 3 is 2.04 bits per heavy atom. The van der Waals surface area contributed by atoms with Crippen molar-refractivity contribution in [2.24, 2.45) is 0 Å². The largest absolute Gasteiger partial charge is 0.480 e. The van der Waals surface area contributed by atoms with E-state index in [9.17, 15) is 24.3 Å². The van der Waals surface area contributed by atoms with E-state index in [4.69, 9.17) is 28.4 Å². The molecule has 14 heteroatoms. The van der Waals surface area contributed by atoms with E-state index in [1.54, 1.807) is 0 Å². The number of amides is 3. The third-order valence-electron chi connectivity index (χ3n) is 9.28. The van der Waals surface area contributed by atoms with Crippen LogP contribution in [-0.2, 0) is 42.8 Å². The van der Waals surface area contributed by atoms with E-state index < -0.39 is 18.1 Å². The number of carboxylic acid groups (broad SMARTS) is 1. The number of fused-ring (bicyclic) bond motifs is 3. The van der Waals surface area contributed by atoms with Gasteiger partial charge in [0.05, 0.1) is 52.9 Å². The number of nitrogens with one attached hydrogen (secondary N) is 3. The lowest BCUT2D eigenvalue weighted by atomic mass is 9.98. The Kier molecular flexibility index (Phi) is 20.8. The molecule has 4 N–H and O–H groups in total. The third kappa shape index (κ3) is 16.7. The van der Waals surface area contributed by atoms with Gasteiger partial charge in [-0.25, -0.2) is 9.59 Å². The molecule has 0 aliphatic heterocycles. The Morgan fingerprint density at radius 2 is 1.36 bits per heavy atom. The van der Waals surface area contributed by atoms with Crippen molar-refractivity contribution in [3.8, 4) is 23.0 Å². The van der Waals surface area contributed by atoms with Gasteiger partial charge in [0, 0.05) is 31.8 Å². The Balaban J connectivity index is 0.904. The molecule has 0 bridgehead atoms. The molecule has 2 aliphatic rings. The monoisotopic (exact) mass is 779 g/mol. The number of carboxylic acids is 1. The summed E-state index contributed by atoms with van der Waals surface area (Å²) >= 11 is 0. The fourth-order valence-electron chi connectivity index (χ4n) is 6.35. The van der Waals surface area contributed by atoms with Gasteiger partial charge in [0.25, 0.3) is 0 Å². The number of alkyl carbamates (subject to hydrolysis) is 1. The number of aliphatic carboxylic acids is 1. The van der Waals surface area contributed by atoms with Crippen molar-refractivity contribution in [2.75, 3.05) is 79.2 Å². The first-order chi connectivity index (χ1) is 27.4. The van der Waals surface area contributed by atoms with Crippen LogP contribution in [0.2, 0.25) is 0 Å². The van der Waals surface area contributed by atoms with Gasteiger partial charge in [-0.1, -0.05) is 60.9 Å². The summed E-state index contributed by atoms with van der Waals surface area (Å²) < 4.78 is 33.0. The second kappa shape index (κ2) is 26.4. The minimum absolute atomic E-state index is 0.000751. The van der Waals surface area contributed by atoms with Gasteiger partial charge in [-0.3, -0.25) is 9.59 Å². The van der Waals surface area contributed by atoms with Crippen molar-refractivity contribution in [2.45, 2.75) is 75.9 Å². The summed E-state index contributed by atoms with van der Waals surface area (Å²) in [6, 6.07) is 14.9. The molecule has 56 heavy (non-hydrogen) atoms. The van der Waals surface area contributed by atoms with Crippen LogP contribution >= 0.6 is 0 Å². The van der Waals surface area contributed by atoms with E-state index in [1.165, 1.54) is 0 Å². The lowest BCUT2D eigenvalue weighted by Crippen LogP contribution is -2.41. The summed E-state index contributed by atoms with van der Waals surface area (Å²) in [5.41, 5.74) is 4.37. The van der Waals surface area contributed by atoms with Gasteiger partial charge in [-0.2, -0.15) is 0 Å². The van der Waals surface area contributed by atoms with Crippen LogP contribution in [0.5, 0.6) is 0 Å². The first-order valence-corrected chi connectivity index (χ1v) is 19.7. The minimum atomic E-state index is -1.14. The van der Waals surface area contributed by atoms with Gasteiger partial charge in [0.15, 0.2) is 0 Å². The zero-order valence-corrected chi connectivity index (χ0v) is 32.2. The summed E-state index contributed by atoms with van der Waals surface area (Å²) in [7, 11) is 0. The Morgan fingerprint density at radius 1 is 0.732 bits per heavy atom. The molecule has 0 heterocycles. The molecule has 0 aromatic heterocycles. The van der Waals surface area contributed by atoms with Crippen LogP contribution < -0.4 is 16.0 Å². The molecule has 2 aliphatic carbocycles. The maximum Gasteiger partial charge on any atom is 0.407 e. The normalized spacial score (nSPS) is 15.2. The fourth-order valence-corrected chi connectivity index (χ4v) is 6.35. The van der Waals surface area contributed by atoms with Gasteiger partial charge >= 0.3 is 12.1 Å². The number of benzene rings is 2. The molecule has 0 radical (unpaired) electrons. The summed E-state index contributed by atoms with van der Waals surface area (Å²) in [5.74, 6) is 4.58. The topological polar surface area (TPSA) is 180 Å². The van der Waals surface area contributed by atoms with E-state index >= 15 is 0 Å². The van der Waals surface area contributed by atoms with E-state index in [0.29, 0.717) is 72.2 Å². The maximum absolute atomic E-state index is 12.6. The molecule has 0 spiro atoms. The fraction of sp³-hybridized carbons (Fsp3) is 0.571. The van der Waals surface area contributed by atoms with Crippen LogP contribution in [0, 0.1) is 11.8 Å². The van der Waals surface area contributed by atoms with Crippen LogP contribution in [0.1, 0.15) is 74.8 Å². The van der Waals surface area contributed by atoms with Crippen LogP contribution in [0.25, 0.3) is 11.1 Å². The highest BCUT2D eigenvalue weighted by Gasteiger charge is 2.29. The van der Waals surface area contributed by atoms with E-state index in [2.05, 4.69) is 27.8 Å². The van der Waals surface area contributed by atoms with E-state index in [1.807, 2.05) is 48.5 Å². The lowest BCUT2D eigenvalue weighted by Gasteiger charge is -2.17. The van der Waals surface area contributed by atoms with Gasteiger partial charge < -0.3 is 49.5 Å². The maximum atomic E-state index is 12.6. The summed E-state index contributed by atoms with van der Waals surface area (Å²) in [4.78, 5) is 48.4. The second-order valence-electron chi connectivity index (χ2n) is 13.5. The Hall–Kier alpha value is -4.52. The van der Waals surface area contributed by atoms with Crippen molar-refractivity contribution < 1.29 is 52.7 Å². The predicted molar refractivity (Wildman–Crippen MR) is 208 cm³/mol. The summed E-state index contributed by atoms with van der Waals surface area (Å²) in [5, 5.41) is 17.7. The second-order valence-corrected chi connectivity index (χ2v) is 13.5. The number of rotatable bonds is 27. The Bertz CT molecular complexity index is 1530. The predicted octanol–water partition coefficient (Wildman–Crippen LogP) is 4.19. The van der Waals surface area contributed by atoms with E-state index in [0.717, 1.165) is 54.4 Å². The molecule has 4 rings (SSSR count). The standard InChI is InChI=1S/C42H57N3O11/c46-39(19-22-51-24-26-53-28-29-54-27-25-52-23-21-44-40(47)31-55-32-12-4-2-1-3-5-13-32)43-20-11-10-18-38(41(48)49)45-42(50)56-30-37-35-16-8-6-14-33(35)34-15-7-9-17-36(34)37/h6-9,14-17,32,37-38H,1-4,10-12,18-31H2,(H,43,46)(H,44,47)(H,45,50)(H,48,49). The number of ether oxygens (including phenoxy) is 6. The average Bonchev–Trinajstić information content (AvgIpc) is 3.50. The number of carbonyl (C=O) groups excluding carboxylic acids is 3. The SMILES string of the molecule is O=C(CCOCCOCCOCCOCCNC(=O)COC1C#CCCCCC1)NCCCCC(NC(=O)OCC1c2ccccc2-c2ccccc21)C(=O)O. The number of hydrogen-bond acceptors (Lipinski definition) is 10. The molecule has 0 saturated carbocycles. The Labute approximate surface area is 329 Å². The van der Waals surface area contributed by atoms with E-state index in [-0.39, 0.29) is 56.5 Å². The van der Waals surface area contributed by atoms with Crippen molar-refractivity contribution in [3.05, 3.63) is 59.7 Å². The van der Waals surface area contributed by atoms with Crippen LogP contribution in [0.4, 0.5) is 4.79 Å². The van der Waals surface area contributed by atoms with Gasteiger partial charge in [-0.15, -0.1) is 5.92 Å². The van der Waals surface area contributed by atoms with Crippen LogP contribution in [-0.4, -0.2) is 120 Å².